The number of fused-ring (bicyclic) bond motifs is 1. The summed E-state index contributed by atoms with van der Waals surface area (Å²) in [4.78, 5) is 14.5. The third-order valence-electron chi connectivity index (χ3n) is 5.02. The van der Waals surface area contributed by atoms with Crippen molar-refractivity contribution in [3.8, 4) is 0 Å². The lowest BCUT2D eigenvalue weighted by Gasteiger charge is -2.31. The van der Waals surface area contributed by atoms with E-state index in [9.17, 15) is 13.2 Å². The highest BCUT2D eigenvalue weighted by atomic mass is 32.2. The molecular formula is C16H27N5O3S. The standard InChI is InChI=1S/C16H27N5O3S/c1-19-7-4-3-6-15(19)16(22)17-11-13-10-14-12-20(25(2,23)24)8-5-9-21(14)18-13/h10,15H,3-9,11-12H2,1-2H3,(H,17,22). The Labute approximate surface area is 149 Å². The number of aryl methyl sites for hydroxylation is 1. The van der Waals surface area contributed by atoms with Crippen molar-refractivity contribution in [2.75, 3.05) is 26.4 Å². The zero-order chi connectivity index (χ0) is 18.0. The molecule has 1 aromatic heterocycles. The minimum Gasteiger partial charge on any atom is -0.349 e. The number of hydrogen-bond donors (Lipinski definition) is 1. The van der Waals surface area contributed by atoms with Crippen molar-refractivity contribution in [1.29, 1.82) is 0 Å². The van der Waals surface area contributed by atoms with Gasteiger partial charge < -0.3 is 5.32 Å². The van der Waals surface area contributed by atoms with Gasteiger partial charge in [0.05, 0.1) is 36.8 Å². The fourth-order valence-corrected chi connectivity index (χ4v) is 4.39. The summed E-state index contributed by atoms with van der Waals surface area (Å²) >= 11 is 0. The Morgan fingerprint density at radius 2 is 2.08 bits per heavy atom. The molecule has 1 aromatic rings. The van der Waals surface area contributed by atoms with Gasteiger partial charge in [0.25, 0.3) is 0 Å². The Bertz CT molecular complexity index is 730. The minimum atomic E-state index is -3.21. The molecule has 8 nitrogen and oxygen atoms in total. The van der Waals surface area contributed by atoms with E-state index in [0.29, 0.717) is 26.2 Å². The second-order valence-corrected chi connectivity index (χ2v) is 8.99. The zero-order valence-electron chi connectivity index (χ0n) is 14.9. The summed E-state index contributed by atoms with van der Waals surface area (Å²) in [5.74, 6) is 0.0446. The van der Waals surface area contributed by atoms with Gasteiger partial charge in [0.2, 0.25) is 15.9 Å². The van der Waals surface area contributed by atoms with Crippen molar-refractivity contribution in [3.63, 3.8) is 0 Å². The van der Waals surface area contributed by atoms with Crippen LogP contribution < -0.4 is 5.32 Å². The van der Waals surface area contributed by atoms with Gasteiger partial charge >= 0.3 is 0 Å². The number of amides is 1. The van der Waals surface area contributed by atoms with Crippen molar-refractivity contribution in [1.82, 2.24) is 24.3 Å². The van der Waals surface area contributed by atoms with Gasteiger partial charge in [0.1, 0.15) is 0 Å². The molecule has 25 heavy (non-hydrogen) atoms. The molecule has 3 heterocycles. The Balaban J connectivity index is 1.62. The van der Waals surface area contributed by atoms with Crippen LogP contribution in [-0.4, -0.2) is 65.7 Å². The molecule has 140 valence electrons. The molecule has 1 unspecified atom stereocenters. The van der Waals surface area contributed by atoms with Crippen LogP contribution in [0.5, 0.6) is 0 Å². The second kappa shape index (κ2) is 7.43. The molecule has 0 bridgehead atoms. The van der Waals surface area contributed by atoms with Crippen molar-refractivity contribution in [3.05, 3.63) is 17.5 Å². The number of aromatic nitrogens is 2. The van der Waals surface area contributed by atoms with Crippen molar-refractivity contribution in [2.45, 2.75) is 51.4 Å². The highest BCUT2D eigenvalue weighted by Crippen LogP contribution is 2.17. The van der Waals surface area contributed by atoms with Crippen LogP contribution in [0.25, 0.3) is 0 Å². The topological polar surface area (TPSA) is 87.5 Å². The van der Waals surface area contributed by atoms with Gasteiger partial charge in [-0.1, -0.05) is 6.42 Å². The van der Waals surface area contributed by atoms with Gasteiger partial charge in [-0.3, -0.25) is 14.4 Å². The van der Waals surface area contributed by atoms with Gasteiger partial charge in [-0.25, -0.2) is 8.42 Å². The maximum absolute atomic E-state index is 12.4. The fraction of sp³-hybridized carbons (Fsp3) is 0.750. The van der Waals surface area contributed by atoms with Crippen LogP contribution in [-0.2, 0) is 34.5 Å². The van der Waals surface area contributed by atoms with Crippen molar-refractivity contribution < 1.29 is 13.2 Å². The lowest BCUT2D eigenvalue weighted by Crippen LogP contribution is -2.47. The summed E-state index contributed by atoms with van der Waals surface area (Å²) in [6.45, 7) is 2.88. The Kier molecular flexibility index (Phi) is 5.45. The number of nitrogens with zero attached hydrogens (tertiary/aromatic N) is 4. The Morgan fingerprint density at radius 1 is 1.28 bits per heavy atom. The average molecular weight is 369 g/mol. The molecule has 9 heteroatoms. The lowest BCUT2D eigenvalue weighted by atomic mass is 10.0. The molecule has 0 spiro atoms. The molecule has 1 amide bonds. The van der Waals surface area contributed by atoms with Crippen LogP contribution in [0.15, 0.2) is 6.07 Å². The number of likely N-dealkylation sites (tertiary alicyclic amines) is 1. The summed E-state index contributed by atoms with van der Waals surface area (Å²) in [5.41, 5.74) is 1.65. The first-order valence-electron chi connectivity index (χ1n) is 8.83. The molecule has 0 radical (unpaired) electrons. The summed E-state index contributed by atoms with van der Waals surface area (Å²) in [6, 6.07) is 1.84. The maximum atomic E-state index is 12.4. The second-order valence-electron chi connectivity index (χ2n) is 7.01. The third kappa shape index (κ3) is 4.39. The lowest BCUT2D eigenvalue weighted by molar-refractivity contribution is -0.127. The van der Waals surface area contributed by atoms with Crippen molar-refractivity contribution >= 4 is 15.9 Å². The smallest absolute Gasteiger partial charge is 0.237 e. The number of piperidine rings is 1. The zero-order valence-corrected chi connectivity index (χ0v) is 15.8. The monoisotopic (exact) mass is 369 g/mol. The maximum Gasteiger partial charge on any atom is 0.237 e. The number of carbonyl (C=O) groups is 1. The van der Waals surface area contributed by atoms with Crippen LogP contribution in [0.4, 0.5) is 0 Å². The van der Waals surface area contributed by atoms with Gasteiger partial charge in [-0.2, -0.15) is 9.40 Å². The van der Waals surface area contributed by atoms with E-state index in [1.807, 2.05) is 17.8 Å². The molecule has 2 aliphatic heterocycles. The van der Waals surface area contributed by atoms with E-state index in [4.69, 9.17) is 0 Å². The van der Waals surface area contributed by atoms with Crippen LogP contribution in [0.1, 0.15) is 37.1 Å². The number of likely N-dealkylation sites (N-methyl/N-ethyl adjacent to an activating group) is 1. The Morgan fingerprint density at radius 3 is 2.80 bits per heavy atom. The predicted octanol–water partition coefficient (Wildman–Crippen LogP) is 0.149. The van der Waals surface area contributed by atoms with E-state index in [1.165, 1.54) is 10.6 Å². The normalized spacial score (nSPS) is 23.0. The van der Waals surface area contributed by atoms with Crippen molar-refractivity contribution in [2.24, 2.45) is 0 Å². The predicted molar refractivity (Wildman–Crippen MR) is 94.2 cm³/mol. The average Bonchev–Trinajstić information content (AvgIpc) is 2.82. The van der Waals surface area contributed by atoms with Crippen LogP contribution in [0.2, 0.25) is 0 Å². The number of nitrogens with one attached hydrogen (secondary N) is 1. The Hall–Kier alpha value is -1.45. The van der Waals surface area contributed by atoms with E-state index in [1.54, 1.807) is 0 Å². The summed E-state index contributed by atoms with van der Waals surface area (Å²) < 4.78 is 27.0. The molecule has 1 fully saturated rings. The third-order valence-corrected chi connectivity index (χ3v) is 6.27. The first kappa shape index (κ1) is 18.3. The summed E-state index contributed by atoms with van der Waals surface area (Å²) in [6.07, 6.45) is 5.10. The number of rotatable bonds is 4. The van der Waals surface area contributed by atoms with Crippen LogP contribution in [0.3, 0.4) is 0 Å². The van der Waals surface area contributed by atoms with E-state index in [0.717, 1.165) is 43.6 Å². The first-order chi connectivity index (χ1) is 11.8. The molecule has 1 atom stereocenters. The fourth-order valence-electron chi connectivity index (χ4n) is 3.56. The minimum absolute atomic E-state index is 0.0446. The molecular weight excluding hydrogens is 342 g/mol. The molecule has 0 saturated carbocycles. The number of sulfonamides is 1. The quantitative estimate of drug-likeness (QED) is 0.816. The van der Waals surface area contributed by atoms with Gasteiger partial charge in [-0.15, -0.1) is 0 Å². The van der Waals surface area contributed by atoms with E-state index in [-0.39, 0.29) is 11.9 Å². The van der Waals surface area contributed by atoms with Crippen LogP contribution in [0, 0.1) is 0 Å². The number of carbonyl (C=O) groups excluding carboxylic acids is 1. The highest BCUT2D eigenvalue weighted by Gasteiger charge is 2.26. The molecule has 0 aliphatic carbocycles. The number of hydrogen-bond acceptors (Lipinski definition) is 5. The SMILES string of the molecule is CN1CCCCC1C(=O)NCc1cc2n(n1)CCCN(S(C)(=O)=O)C2. The molecule has 3 rings (SSSR count). The molecule has 1 saturated heterocycles. The summed E-state index contributed by atoms with van der Waals surface area (Å²) in [7, 11) is -1.22. The van der Waals surface area contributed by atoms with E-state index >= 15 is 0 Å². The largest absolute Gasteiger partial charge is 0.349 e. The van der Waals surface area contributed by atoms with Crippen LogP contribution >= 0.6 is 0 Å². The molecule has 1 N–H and O–H groups in total. The highest BCUT2D eigenvalue weighted by molar-refractivity contribution is 7.88. The molecule has 2 aliphatic rings. The van der Waals surface area contributed by atoms with Gasteiger partial charge in [0, 0.05) is 13.1 Å². The van der Waals surface area contributed by atoms with E-state index < -0.39 is 10.0 Å². The van der Waals surface area contributed by atoms with E-state index in [2.05, 4.69) is 15.3 Å². The van der Waals surface area contributed by atoms with Gasteiger partial charge in [-0.05, 0) is 38.9 Å². The first-order valence-corrected chi connectivity index (χ1v) is 10.7. The summed E-state index contributed by atoms with van der Waals surface area (Å²) in [5, 5.41) is 7.51. The van der Waals surface area contributed by atoms with Gasteiger partial charge in [0.15, 0.2) is 0 Å². The molecule has 0 aromatic carbocycles.